The number of halogens is 2. The predicted molar refractivity (Wildman–Crippen MR) is 122 cm³/mol. The lowest BCUT2D eigenvalue weighted by molar-refractivity contribution is -0.140. The number of ether oxygens (including phenoxy) is 1. The van der Waals surface area contributed by atoms with E-state index in [0.717, 1.165) is 0 Å². The molecule has 4 rings (SSSR count). The molecule has 7 nitrogen and oxygen atoms in total. The molecular formula is C23H21Cl2N3O4. The number of aromatic nitrogens is 2. The van der Waals surface area contributed by atoms with E-state index in [0.29, 0.717) is 40.6 Å². The molecule has 1 aliphatic heterocycles. The number of methoxy groups -OCH3 is 1. The van der Waals surface area contributed by atoms with Crippen molar-refractivity contribution in [2.45, 2.75) is 19.4 Å². The Kier molecular flexibility index (Phi) is 6.24. The highest BCUT2D eigenvalue weighted by Crippen LogP contribution is 2.41. The normalized spacial score (nSPS) is 18.1. The molecule has 0 saturated carbocycles. The third kappa shape index (κ3) is 3.77. The van der Waals surface area contributed by atoms with Gasteiger partial charge in [-0.25, -0.2) is 4.98 Å². The standard InChI is InChI=1S/C23H21Cl2N3O4/c1-13-19(27-9-4-3-6-17(27)26-13)21(29)18-20(14-7-8-15(24)16(25)12-14)28(10-5-11-32-2)23(31)22(18)30/h3-4,6-9,12,20,29H,5,10-11H2,1-2H3/b21-18+. The number of Topliss-reactive ketones (excluding diaryl/α,β-unsaturated/α-hetero) is 1. The second-order valence-corrected chi connectivity index (χ2v) is 8.30. The Morgan fingerprint density at radius 3 is 2.69 bits per heavy atom. The van der Waals surface area contributed by atoms with Gasteiger partial charge in [0.2, 0.25) is 0 Å². The molecule has 166 valence electrons. The minimum atomic E-state index is -0.824. The second-order valence-electron chi connectivity index (χ2n) is 7.49. The molecule has 1 fully saturated rings. The summed E-state index contributed by atoms with van der Waals surface area (Å²) >= 11 is 12.3. The van der Waals surface area contributed by atoms with Gasteiger partial charge in [-0.05, 0) is 43.2 Å². The first kappa shape index (κ1) is 22.3. The highest BCUT2D eigenvalue weighted by molar-refractivity contribution is 6.46. The van der Waals surface area contributed by atoms with Crippen molar-refractivity contribution in [2.75, 3.05) is 20.3 Å². The van der Waals surface area contributed by atoms with Crippen LogP contribution in [0, 0.1) is 6.92 Å². The minimum absolute atomic E-state index is 0.0143. The molecule has 0 bridgehead atoms. The number of hydrogen-bond acceptors (Lipinski definition) is 5. The van der Waals surface area contributed by atoms with Gasteiger partial charge in [0.25, 0.3) is 11.7 Å². The summed E-state index contributed by atoms with van der Waals surface area (Å²) in [5, 5.41) is 12.0. The molecule has 1 saturated heterocycles. The van der Waals surface area contributed by atoms with Crippen LogP contribution in [0.3, 0.4) is 0 Å². The molecule has 1 unspecified atom stereocenters. The lowest BCUT2D eigenvalue weighted by Crippen LogP contribution is -2.31. The third-order valence-corrected chi connectivity index (χ3v) is 6.21. The molecule has 1 aliphatic rings. The number of benzene rings is 1. The molecule has 1 aromatic carbocycles. The SMILES string of the molecule is COCCCN1C(=O)C(=O)/C(=C(/O)c2c(C)nc3ccccn23)C1c1ccc(Cl)c(Cl)c1. The predicted octanol–water partition coefficient (Wildman–Crippen LogP) is 4.41. The number of aliphatic hydroxyl groups is 1. The van der Waals surface area contributed by atoms with Crippen molar-refractivity contribution in [3.8, 4) is 0 Å². The summed E-state index contributed by atoms with van der Waals surface area (Å²) in [5.41, 5.74) is 2.07. The molecule has 1 atom stereocenters. The van der Waals surface area contributed by atoms with E-state index in [4.69, 9.17) is 27.9 Å². The maximum absolute atomic E-state index is 13.1. The molecule has 1 N–H and O–H groups in total. The van der Waals surface area contributed by atoms with E-state index in [2.05, 4.69) is 4.98 Å². The minimum Gasteiger partial charge on any atom is -0.505 e. The number of carbonyl (C=O) groups is 2. The quantitative estimate of drug-likeness (QED) is 0.248. The number of nitrogens with zero attached hydrogens (tertiary/aromatic N) is 3. The van der Waals surface area contributed by atoms with Crippen molar-refractivity contribution in [3.63, 3.8) is 0 Å². The zero-order chi connectivity index (χ0) is 23.0. The van der Waals surface area contributed by atoms with E-state index in [1.165, 1.54) is 4.90 Å². The Balaban J connectivity index is 1.92. The first-order valence-corrected chi connectivity index (χ1v) is 10.8. The molecule has 0 radical (unpaired) electrons. The van der Waals surface area contributed by atoms with Gasteiger partial charge in [0, 0.05) is 26.5 Å². The number of fused-ring (bicyclic) bond motifs is 1. The average molecular weight is 474 g/mol. The van der Waals surface area contributed by atoms with E-state index in [9.17, 15) is 14.7 Å². The summed E-state index contributed by atoms with van der Waals surface area (Å²) in [5.74, 6) is -1.74. The van der Waals surface area contributed by atoms with Crippen LogP contribution >= 0.6 is 23.2 Å². The Hall–Kier alpha value is -2.87. The number of pyridine rings is 1. The summed E-state index contributed by atoms with van der Waals surface area (Å²) in [4.78, 5) is 32.0. The zero-order valence-electron chi connectivity index (χ0n) is 17.5. The molecule has 0 spiro atoms. The second kappa shape index (κ2) is 8.94. The molecule has 3 aromatic rings. The first-order valence-electron chi connectivity index (χ1n) is 10.0. The van der Waals surface area contributed by atoms with Gasteiger partial charge in [0.05, 0.1) is 27.4 Å². The van der Waals surface area contributed by atoms with E-state index < -0.39 is 17.7 Å². The zero-order valence-corrected chi connectivity index (χ0v) is 19.0. The summed E-state index contributed by atoms with van der Waals surface area (Å²) in [6, 6.07) is 9.51. The summed E-state index contributed by atoms with van der Waals surface area (Å²) < 4.78 is 6.79. The fraction of sp³-hybridized carbons (Fsp3) is 0.261. The van der Waals surface area contributed by atoms with Crippen LogP contribution in [0.4, 0.5) is 0 Å². The number of carbonyl (C=O) groups excluding carboxylic acids is 2. The van der Waals surface area contributed by atoms with E-state index in [-0.39, 0.29) is 22.9 Å². The van der Waals surface area contributed by atoms with E-state index in [1.54, 1.807) is 55.0 Å². The van der Waals surface area contributed by atoms with Crippen molar-refractivity contribution in [1.82, 2.24) is 14.3 Å². The largest absolute Gasteiger partial charge is 0.505 e. The number of amides is 1. The van der Waals surface area contributed by atoms with Crippen LogP contribution in [0.1, 0.15) is 29.4 Å². The van der Waals surface area contributed by atoms with Gasteiger partial charge < -0.3 is 14.7 Å². The molecule has 0 aliphatic carbocycles. The van der Waals surface area contributed by atoms with Crippen LogP contribution in [-0.4, -0.2) is 51.3 Å². The van der Waals surface area contributed by atoms with E-state index in [1.807, 2.05) is 6.07 Å². The Bertz CT molecular complexity index is 1250. The maximum atomic E-state index is 13.1. The van der Waals surface area contributed by atoms with Gasteiger partial charge in [-0.2, -0.15) is 0 Å². The number of likely N-dealkylation sites (tertiary alicyclic amines) is 1. The van der Waals surface area contributed by atoms with Crippen LogP contribution in [0.2, 0.25) is 10.0 Å². The van der Waals surface area contributed by atoms with Crippen molar-refractivity contribution >= 4 is 46.3 Å². The highest BCUT2D eigenvalue weighted by atomic mass is 35.5. The average Bonchev–Trinajstić information content (AvgIpc) is 3.23. The monoisotopic (exact) mass is 473 g/mol. The van der Waals surface area contributed by atoms with Crippen molar-refractivity contribution in [2.24, 2.45) is 0 Å². The van der Waals surface area contributed by atoms with Crippen LogP contribution in [0.25, 0.3) is 11.4 Å². The number of rotatable bonds is 6. The number of hydrogen-bond donors (Lipinski definition) is 1. The smallest absolute Gasteiger partial charge is 0.295 e. The summed E-state index contributed by atoms with van der Waals surface area (Å²) in [6.07, 6.45) is 2.27. The summed E-state index contributed by atoms with van der Waals surface area (Å²) in [6.45, 7) is 2.43. The van der Waals surface area contributed by atoms with Gasteiger partial charge >= 0.3 is 0 Å². The van der Waals surface area contributed by atoms with Gasteiger partial charge in [0.15, 0.2) is 5.76 Å². The topological polar surface area (TPSA) is 84.1 Å². The number of aliphatic hydroxyl groups excluding tert-OH is 1. The lowest BCUT2D eigenvalue weighted by atomic mass is 9.96. The van der Waals surface area contributed by atoms with Crippen LogP contribution < -0.4 is 0 Å². The van der Waals surface area contributed by atoms with Gasteiger partial charge in [-0.3, -0.25) is 14.0 Å². The van der Waals surface area contributed by atoms with Crippen LogP contribution in [0.15, 0.2) is 48.2 Å². The van der Waals surface area contributed by atoms with Crippen LogP contribution in [0.5, 0.6) is 0 Å². The fourth-order valence-corrected chi connectivity index (χ4v) is 4.35. The van der Waals surface area contributed by atoms with E-state index >= 15 is 0 Å². The Labute approximate surface area is 194 Å². The van der Waals surface area contributed by atoms with Crippen LogP contribution in [-0.2, 0) is 14.3 Å². The number of aryl methyl sites for hydroxylation is 1. The molecule has 1 amide bonds. The molecule has 32 heavy (non-hydrogen) atoms. The maximum Gasteiger partial charge on any atom is 0.295 e. The number of imidazole rings is 1. The van der Waals surface area contributed by atoms with Crippen molar-refractivity contribution in [3.05, 3.63) is 75.2 Å². The van der Waals surface area contributed by atoms with Gasteiger partial charge in [-0.1, -0.05) is 35.3 Å². The third-order valence-electron chi connectivity index (χ3n) is 5.48. The molecule has 3 heterocycles. The number of ketones is 1. The summed E-state index contributed by atoms with van der Waals surface area (Å²) in [7, 11) is 1.57. The lowest BCUT2D eigenvalue weighted by Gasteiger charge is -2.25. The molecule has 2 aromatic heterocycles. The Morgan fingerprint density at radius 1 is 1.19 bits per heavy atom. The highest BCUT2D eigenvalue weighted by Gasteiger charge is 2.46. The van der Waals surface area contributed by atoms with Crippen molar-refractivity contribution in [1.29, 1.82) is 0 Å². The Morgan fingerprint density at radius 2 is 1.97 bits per heavy atom. The fourth-order valence-electron chi connectivity index (χ4n) is 4.05. The molecule has 9 heteroatoms. The van der Waals surface area contributed by atoms with Crippen molar-refractivity contribution < 1.29 is 19.4 Å². The first-order chi connectivity index (χ1) is 15.3. The van der Waals surface area contributed by atoms with Gasteiger partial charge in [-0.15, -0.1) is 0 Å². The van der Waals surface area contributed by atoms with Gasteiger partial charge in [0.1, 0.15) is 11.3 Å². The molecular weight excluding hydrogens is 453 g/mol.